The number of benzene rings is 1. The first-order valence-electron chi connectivity index (χ1n) is 6.53. The van der Waals surface area contributed by atoms with E-state index in [4.69, 9.17) is 11.6 Å². The molecular weight excluding hydrogens is 305 g/mol. The van der Waals surface area contributed by atoms with Gasteiger partial charge in [0.15, 0.2) is 0 Å². The third-order valence-corrected chi connectivity index (χ3v) is 3.93. The van der Waals surface area contributed by atoms with Crippen molar-refractivity contribution >= 4 is 23.2 Å². The van der Waals surface area contributed by atoms with Gasteiger partial charge in [0, 0.05) is 32.9 Å². The first-order valence-corrected chi connectivity index (χ1v) is 6.91. The molecule has 2 rings (SSSR count). The SMILES string of the molecule is CN(C)C(=O)C1CCN(c2ccc(Cl)c(C(F)(F)F)c2)C1. The van der Waals surface area contributed by atoms with Gasteiger partial charge >= 0.3 is 6.18 Å². The van der Waals surface area contributed by atoms with Crippen LogP contribution in [0.25, 0.3) is 0 Å². The van der Waals surface area contributed by atoms with Gasteiger partial charge in [0.1, 0.15) is 0 Å². The highest BCUT2D eigenvalue weighted by molar-refractivity contribution is 6.31. The van der Waals surface area contributed by atoms with Crippen LogP contribution in [-0.4, -0.2) is 38.0 Å². The molecule has 21 heavy (non-hydrogen) atoms. The molecule has 3 nitrogen and oxygen atoms in total. The molecule has 1 aromatic rings. The number of amides is 1. The maximum atomic E-state index is 12.9. The van der Waals surface area contributed by atoms with Crippen LogP contribution >= 0.6 is 11.6 Å². The Bertz CT molecular complexity index is 546. The topological polar surface area (TPSA) is 23.6 Å². The molecule has 1 aromatic carbocycles. The van der Waals surface area contributed by atoms with Crippen molar-refractivity contribution in [3.8, 4) is 0 Å². The molecular formula is C14H16ClF3N2O. The van der Waals surface area contributed by atoms with E-state index in [1.54, 1.807) is 25.1 Å². The van der Waals surface area contributed by atoms with E-state index in [0.29, 0.717) is 25.2 Å². The van der Waals surface area contributed by atoms with E-state index < -0.39 is 11.7 Å². The van der Waals surface area contributed by atoms with Crippen LogP contribution in [0.15, 0.2) is 18.2 Å². The zero-order chi connectivity index (χ0) is 15.8. The molecule has 1 heterocycles. The molecule has 0 spiro atoms. The average molecular weight is 321 g/mol. The number of alkyl halides is 3. The van der Waals surface area contributed by atoms with E-state index in [1.807, 2.05) is 0 Å². The largest absolute Gasteiger partial charge is 0.417 e. The van der Waals surface area contributed by atoms with Crippen molar-refractivity contribution < 1.29 is 18.0 Å². The lowest BCUT2D eigenvalue weighted by atomic mass is 10.1. The number of hydrogen-bond donors (Lipinski definition) is 0. The fraction of sp³-hybridized carbons (Fsp3) is 0.500. The predicted molar refractivity (Wildman–Crippen MR) is 75.5 cm³/mol. The van der Waals surface area contributed by atoms with Gasteiger partial charge in [-0.05, 0) is 24.6 Å². The normalized spacial score (nSPS) is 19.0. The Balaban J connectivity index is 2.19. The molecule has 0 N–H and O–H groups in total. The quantitative estimate of drug-likeness (QED) is 0.835. The summed E-state index contributed by atoms with van der Waals surface area (Å²) in [5, 5.41) is -0.314. The number of carbonyl (C=O) groups is 1. The van der Waals surface area contributed by atoms with Crippen LogP contribution in [0.3, 0.4) is 0 Å². The van der Waals surface area contributed by atoms with E-state index in [9.17, 15) is 18.0 Å². The van der Waals surface area contributed by atoms with Gasteiger partial charge in [0.25, 0.3) is 0 Å². The molecule has 1 aliphatic rings. The van der Waals surface area contributed by atoms with Crippen LogP contribution in [0.2, 0.25) is 5.02 Å². The molecule has 0 bridgehead atoms. The standard InChI is InChI=1S/C14H16ClF3N2O/c1-19(2)13(21)9-5-6-20(8-9)10-3-4-12(15)11(7-10)14(16,17)18/h3-4,7,9H,5-6,8H2,1-2H3. The van der Waals surface area contributed by atoms with Gasteiger partial charge < -0.3 is 9.80 Å². The second-order valence-electron chi connectivity index (χ2n) is 5.33. The lowest BCUT2D eigenvalue weighted by Gasteiger charge is -2.21. The lowest BCUT2D eigenvalue weighted by molar-refractivity contribution is -0.137. The lowest BCUT2D eigenvalue weighted by Crippen LogP contribution is -2.31. The van der Waals surface area contributed by atoms with E-state index >= 15 is 0 Å². The zero-order valence-electron chi connectivity index (χ0n) is 11.7. The van der Waals surface area contributed by atoms with Crippen LogP contribution < -0.4 is 4.90 Å². The minimum absolute atomic E-state index is 0.00232. The third kappa shape index (κ3) is 3.43. The van der Waals surface area contributed by atoms with Crippen LogP contribution in [0, 0.1) is 5.92 Å². The Morgan fingerprint density at radius 2 is 2.05 bits per heavy atom. The van der Waals surface area contributed by atoms with E-state index in [0.717, 1.165) is 6.07 Å². The summed E-state index contributed by atoms with van der Waals surface area (Å²) in [4.78, 5) is 15.2. The summed E-state index contributed by atoms with van der Waals surface area (Å²) in [6, 6.07) is 3.85. The van der Waals surface area contributed by atoms with Crippen LogP contribution in [-0.2, 0) is 11.0 Å². The second-order valence-corrected chi connectivity index (χ2v) is 5.73. The second kappa shape index (κ2) is 5.75. The predicted octanol–water partition coefficient (Wildman–Crippen LogP) is 3.27. The summed E-state index contributed by atoms with van der Waals surface area (Å²) in [7, 11) is 3.35. The number of hydrogen-bond acceptors (Lipinski definition) is 2. The summed E-state index contributed by atoms with van der Waals surface area (Å²) in [6.45, 7) is 0.985. The van der Waals surface area contributed by atoms with E-state index in [-0.39, 0.29) is 16.8 Å². The van der Waals surface area contributed by atoms with Gasteiger partial charge in [-0.3, -0.25) is 4.79 Å². The van der Waals surface area contributed by atoms with Crippen LogP contribution in [0.4, 0.5) is 18.9 Å². The van der Waals surface area contributed by atoms with Gasteiger partial charge in [0.2, 0.25) is 5.91 Å². The number of carbonyl (C=O) groups excluding carboxylic acids is 1. The van der Waals surface area contributed by atoms with Gasteiger partial charge in [-0.25, -0.2) is 0 Å². The van der Waals surface area contributed by atoms with Crippen molar-refractivity contribution in [2.24, 2.45) is 5.92 Å². The molecule has 1 atom stereocenters. The summed E-state index contributed by atoms with van der Waals surface area (Å²) in [6.07, 6.45) is -3.84. The number of halogens is 4. The molecule has 1 amide bonds. The summed E-state index contributed by atoms with van der Waals surface area (Å²) >= 11 is 5.61. The van der Waals surface area contributed by atoms with Gasteiger partial charge in [-0.1, -0.05) is 11.6 Å². The smallest absolute Gasteiger partial charge is 0.371 e. The summed E-state index contributed by atoms with van der Waals surface area (Å²) in [5.41, 5.74) is -0.398. The molecule has 1 fully saturated rings. The Kier molecular flexibility index (Phi) is 4.37. The van der Waals surface area contributed by atoms with Gasteiger partial charge in [-0.2, -0.15) is 13.2 Å². The van der Waals surface area contributed by atoms with Crippen molar-refractivity contribution in [2.75, 3.05) is 32.1 Å². The van der Waals surface area contributed by atoms with E-state index in [1.165, 1.54) is 11.0 Å². The Hall–Kier alpha value is -1.43. The molecule has 7 heteroatoms. The average Bonchev–Trinajstić information content (AvgIpc) is 2.86. The maximum absolute atomic E-state index is 12.9. The third-order valence-electron chi connectivity index (χ3n) is 3.60. The zero-order valence-corrected chi connectivity index (χ0v) is 12.5. The minimum atomic E-state index is -4.48. The number of nitrogens with zero attached hydrogens (tertiary/aromatic N) is 2. The van der Waals surface area contributed by atoms with Gasteiger partial charge in [-0.15, -0.1) is 0 Å². The van der Waals surface area contributed by atoms with Crippen molar-refractivity contribution in [1.29, 1.82) is 0 Å². The Morgan fingerprint density at radius 1 is 1.38 bits per heavy atom. The minimum Gasteiger partial charge on any atom is -0.371 e. The highest BCUT2D eigenvalue weighted by atomic mass is 35.5. The fourth-order valence-corrected chi connectivity index (χ4v) is 2.71. The van der Waals surface area contributed by atoms with Crippen LogP contribution in [0.5, 0.6) is 0 Å². The maximum Gasteiger partial charge on any atom is 0.417 e. The van der Waals surface area contributed by atoms with Crippen molar-refractivity contribution in [2.45, 2.75) is 12.6 Å². The highest BCUT2D eigenvalue weighted by Crippen LogP contribution is 2.37. The van der Waals surface area contributed by atoms with Crippen molar-refractivity contribution in [1.82, 2.24) is 4.90 Å². The number of rotatable bonds is 2. The Morgan fingerprint density at radius 3 is 2.62 bits per heavy atom. The van der Waals surface area contributed by atoms with E-state index in [2.05, 4.69) is 0 Å². The Labute approximate surface area is 126 Å². The van der Waals surface area contributed by atoms with Gasteiger partial charge in [0.05, 0.1) is 16.5 Å². The molecule has 116 valence electrons. The molecule has 1 aliphatic heterocycles. The fourth-order valence-electron chi connectivity index (χ4n) is 2.49. The number of anilines is 1. The monoisotopic (exact) mass is 320 g/mol. The first kappa shape index (κ1) is 15.9. The van der Waals surface area contributed by atoms with Crippen molar-refractivity contribution in [3.63, 3.8) is 0 Å². The molecule has 0 saturated carbocycles. The molecule has 0 aliphatic carbocycles. The molecule has 0 aromatic heterocycles. The highest BCUT2D eigenvalue weighted by Gasteiger charge is 2.35. The molecule has 1 saturated heterocycles. The van der Waals surface area contributed by atoms with Crippen LogP contribution in [0.1, 0.15) is 12.0 Å². The summed E-state index contributed by atoms with van der Waals surface area (Å²) in [5.74, 6) is -0.174. The first-order chi connectivity index (χ1) is 9.70. The summed E-state index contributed by atoms with van der Waals surface area (Å²) < 4.78 is 38.6. The van der Waals surface area contributed by atoms with Crippen molar-refractivity contribution in [3.05, 3.63) is 28.8 Å². The molecule has 1 unspecified atom stereocenters. The molecule has 0 radical (unpaired) electrons.